The molecule has 8 nitrogen and oxygen atoms in total. The average molecular weight is 488 g/mol. The van der Waals surface area contributed by atoms with Crippen LogP contribution in [0.5, 0.6) is 0 Å². The number of nitrogens with zero attached hydrogens (tertiary/aromatic N) is 2. The lowest BCUT2D eigenvalue weighted by Crippen LogP contribution is -2.42. The second-order valence-electron chi connectivity index (χ2n) is 10.6. The number of nitrogens with one attached hydrogen (secondary N) is 1. The van der Waals surface area contributed by atoms with Gasteiger partial charge in [0.25, 0.3) is 5.56 Å². The van der Waals surface area contributed by atoms with Crippen LogP contribution >= 0.6 is 0 Å². The van der Waals surface area contributed by atoms with E-state index in [0.29, 0.717) is 29.9 Å². The molecule has 2 atom stereocenters. The highest BCUT2D eigenvalue weighted by Gasteiger charge is 2.36. The van der Waals surface area contributed by atoms with Crippen LogP contribution in [0.1, 0.15) is 74.9 Å². The zero-order chi connectivity index (χ0) is 25.7. The van der Waals surface area contributed by atoms with Crippen LogP contribution in [0.25, 0.3) is 5.52 Å². The highest BCUT2D eigenvalue weighted by molar-refractivity contribution is 5.90. The molecule has 0 aromatic carbocycles. The number of carbonyl (C=O) groups is 2. The Morgan fingerprint density at radius 3 is 2.51 bits per heavy atom. The Morgan fingerprint density at radius 1 is 1.23 bits per heavy atom. The Kier molecular flexibility index (Phi) is 6.55. The maximum Gasteiger partial charge on any atom is 0.407 e. The van der Waals surface area contributed by atoms with E-state index < -0.39 is 29.0 Å². The maximum absolute atomic E-state index is 15.6. The Balaban J connectivity index is 1.73. The topological polar surface area (TPSA) is 89.3 Å². The number of aryl methyl sites for hydroxylation is 1. The number of ether oxygens (including phenoxy) is 2. The molecular weight excluding hydrogens is 453 g/mol. The van der Waals surface area contributed by atoms with Crippen molar-refractivity contribution in [2.24, 2.45) is 5.92 Å². The lowest BCUT2D eigenvalue weighted by molar-refractivity contribution is 0.0495. The van der Waals surface area contributed by atoms with Gasteiger partial charge in [-0.2, -0.15) is 0 Å². The molecule has 1 amide bonds. The van der Waals surface area contributed by atoms with Gasteiger partial charge in [-0.15, -0.1) is 0 Å². The molecule has 2 fully saturated rings. The van der Waals surface area contributed by atoms with E-state index in [-0.39, 0.29) is 30.0 Å². The number of rotatable bonds is 5. The molecule has 9 heteroatoms. The number of anilines is 1. The van der Waals surface area contributed by atoms with Crippen molar-refractivity contribution in [3.63, 3.8) is 0 Å². The summed E-state index contributed by atoms with van der Waals surface area (Å²) in [5, 5.41) is 2.91. The van der Waals surface area contributed by atoms with Crippen molar-refractivity contribution < 1.29 is 23.5 Å². The number of hydrogen-bond donors (Lipinski definition) is 1. The van der Waals surface area contributed by atoms with Crippen molar-refractivity contribution in [3.05, 3.63) is 45.1 Å². The summed E-state index contributed by atoms with van der Waals surface area (Å²) in [6.07, 6.45) is 2.57. The summed E-state index contributed by atoms with van der Waals surface area (Å²) in [4.78, 5) is 39.8. The number of pyridine rings is 2. The average Bonchev–Trinajstić information content (AvgIpc) is 3.52. The maximum atomic E-state index is 15.6. The van der Waals surface area contributed by atoms with Crippen LogP contribution in [0.4, 0.5) is 14.9 Å². The third-order valence-corrected chi connectivity index (χ3v) is 6.59. The molecule has 2 aromatic rings. The predicted molar refractivity (Wildman–Crippen MR) is 131 cm³/mol. The third-order valence-electron chi connectivity index (χ3n) is 6.59. The van der Waals surface area contributed by atoms with Crippen molar-refractivity contribution in [3.8, 4) is 0 Å². The Hall–Kier alpha value is -3.10. The lowest BCUT2D eigenvalue weighted by Gasteiger charge is -2.25. The zero-order valence-electron chi connectivity index (χ0n) is 21.2. The van der Waals surface area contributed by atoms with E-state index in [4.69, 9.17) is 9.47 Å². The molecule has 2 aliphatic rings. The van der Waals surface area contributed by atoms with Crippen molar-refractivity contribution in [2.45, 2.75) is 71.9 Å². The van der Waals surface area contributed by atoms with E-state index in [1.165, 1.54) is 10.6 Å². The van der Waals surface area contributed by atoms with E-state index in [1.807, 2.05) is 18.7 Å². The first-order valence-corrected chi connectivity index (χ1v) is 12.2. The van der Waals surface area contributed by atoms with Crippen LogP contribution in [0.15, 0.2) is 17.1 Å². The molecule has 1 saturated heterocycles. The van der Waals surface area contributed by atoms with Gasteiger partial charge in [0.05, 0.1) is 30.0 Å². The molecule has 0 bridgehead atoms. The van der Waals surface area contributed by atoms with Gasteiger partial charge in [-0.05, 0) is 76.5 Å². The van der Waals surface area contributed by atoms with E-state index in [1.54, 1.807) is 33.8 Å². The van der Waals surface area contributed by atoms with Gasteiger partial charge in [-0.3, -0.25) is 9.20 Å². The first-order valence-electron chi connectivity index (χ1n) is 12.2. The minimum Gasteiger partial charge on any atom is -0.462 e. The number of esters is 1. The van der Waals surface area contributed by atoms with Crippen LogP contribution < -0.4 is 15.8 Å². The first kappa shape index (κ1) is 25.0. The van der Waals surface area contributed by atoms with Crippen molar-refractivity contribution in [2.75, 3.05) is 24.6 Å². The Labute approximate surface area is 204 Å². The molecule has 1 saturated carbocycles. The van der Waals surface area contributed by atoms with Gasteiger partial charge in [0.1, 0.15) is 11.2 Å². The highest BCUT2D eigenvalue weighted by Crippen LogP contribution is 2.44. The fourth-order valence-electron chi connectivity index (χ4n) is 4.89. The summed E-state index contributed by atoms with van der Waals surface area (Å²) in [6, 6.07) is 1.41. The fraction of sp³-hybridized carbons (Fsp3) is 0.577. The van der Waals surface area contributed by atoms with Gasteiger partial charge in [-0.1, -0.05) is 6.92 Å². The van der Waals surface area contributed by atoms with E-state index in [0.717, 1.165) is 18.4 Å². The minimum absolute atomic E-state index is 0.0637. The van der Waals surface area contributed by atoms with Crippen LogP contribution in [0, 0.1) is 18.7 Å². The van der Waals surface area contributed by atoms with E-state index in [9.17, 15) is 14.4 Å². The molecule has 3 heterocycles. The monoisotopic (exact) mass is 487 g/mol. The molecule has 1 aliphatic carbocycles. The molecule has 1 N–H and O–H groups in total. The molecule has 0 radical (unpaired) electrons. The lowest BCUT2D eigenvalue weighted by atomic mass is 10.0. The molecule has 2 aromatic heterocycles. The van der Waals surface area contributed by atoms with Crippen molar-refractivity contribution in [1.82, 2.24) is 9.72 Å². The molecular formula is C26H34FN3O5. The number of amides is 1. The van der Waals surface area contributed by atoms with Crippen LogP contribution in [-0.4, -0.2) is 47.8 Å². The number of hydrogen-bond acceptors (Lipinski definition) is 6. The molecule has 4 rings (SSSR count). The summed E-state index contributed by atoms with van der Waals surface area (Å²) in [7, 11) is 0. The summed E-state index contributed by atoms with van der Waals surface area (Å²) in [6.45, 7) is 12.0. The molecule has 35 heavy (non-hydrogen) atoms. The summed E-state index contributed by atoms with van der Waals surface area (Å²) in [5.41, 5.74) is 1.28. The van der Waals surface area contributed by atoms with Crippen molar-refractivity contribution in [1.29, 1.82) is 0 Å². The predicted octanol–water partition coefficient (Wildman–Crippen LogP) is 4.15. The minimum atomic E-state index is -0.694. The first-order chi connectivity index (χ1) is 16.4. The summed E-state index contributed by atoms with van der Waals surface area (Å²) >= 11 is 0. The number of carbonyl (C=O) groups excluding carboxylic acids is 2. The number of aromatic nitrogens is 1. The Morgan fingerprint density at radius 2 is 1.91 bits per heavy atom. The fourth-order valence-corrected chi connectivity index (χ4v) is 4.89. The van der Waals surface area contributed by atoms with Gasteiger partial charge in [-0.25, -0.2) is 14.0 Å². The SMILES string of the molecule is CCOC(=O)c1cc(C2CC2)c2c(C)c(N3C[C@@H](C)[C@H](NC(=O)OC(C)(C)C)C3)c(F)cn2c1=O. The van der Waals surface area contributed by atoms with E-state index in [2.05, 4.69) is 5.32 Å². The second-order valence-corrected chi connectivity index (χ2v) is 10.6. The second kappa shape index (κ2) is 9.17. The van der Waals surface area contributed by atoms with Gasteiger partial charge in [0.15, 0.2) is 5.82 Å². The molecule has 190 valence electrons. The zero-order valence-corrected chi connectivity index (χ0v) is 21.2. The quantitative estimate of drug-likeness (QED) is 0.638. The highest BCUT2D eigenvalue weighted by atomic mass is 19.1. The summed E-state index contributed by atoms with van der Waals surface area (Å²) in [5.74, 6) is -0.964. The Bertz CT molecular complexity index is 1230. The number of alkyl carbamates (subject to hydrolysis) is 1. The van der Waals surface area contributed by atoms with Crippen LogP contribution in [0.2, 0.25) is 0 Å². The number of halogens is 1. The molecule has 0 unspecified atom stereocenters. The number of fused-ring (bicyclic) bond motifs is 1. The van der Waals surface area contributed by atoms with Gasteiger partial charge < -0.3 is 19.7 Å². The van der Waals surface area contributed by atoms with E-state index >= 15 is 4.39 Å². The summed E-state index contributed by atoms with van der Waals surface area (Å²) < 4.78 is 27.3. The standard InChI is InChI=1S/C26H34FN3O5/c1-7-34-24(32)18-10-17(16-8-9-16)21-15(3)22(19(27)12-30(21)23(18)31)29-11-14(2)20(13-29)28-25(33)35-26(4,5)6/h10,12,14,16,20H,7-9,11,13H2,1-6H3,(H,28,33)/t14-,20-/m1/s1. The third kappa shape index (κ3) is 4.99. The van der Waals surface area contributed by atoms with Crippen molar-refractivity contribution >= 4 is 23.3 Å². The van der Waals surface area contributed by atoms with Crippen LogP contribution in [0.3, 0.4) is 0 Å². The van der Waals surface area contributed by atoms with Gasteiger partial charge >= 0.3 is 12.1 Å². The largest absolute Gasteiger partial charge is 0.462 e. The van der Waals surface area contributed by atoms with Crippen LogP contribution in [-0.2, 0) is 9.47 Å². The smallest absolute Gasteiger partial charge is 0.407 e. The molecule has 1 aliphatic heterocycles. The normalized spacial score (nSPS) is 20.3. The molecule has 0 spiro atoms. The van der Waals surface area contributed by atoms with Gasteiger partial charge in [0, 0.05) is 13.1 Å². The van der Waals surface area contributed by atoms with Gasteiger partial charge in [0.2, 0.25) is 0 Å².